The monoisotopic (exact) mass is 463 g/mol. The van der Waals surface area contributed by atoms with Crippen LogP contribution in [0.15, 0.2) is 47.0 Å². The lowest BCUT2D eigenvalue weighted by molar-refractivity contribution is -0.137. The van der Waals surface area contributed by atoms with Crippen LogP contribution >= 0.6 is 11.6 Å². The number of nitrogens with zero attached hydrogens (tertiary/aromatic N) is 2. The van der Waals surface area contributed by atoms with Crippen LogP contribution in [-0.2, 0) is 6.18 Å². The van der Waals surface area contributed by atoms with Crippen molar-refractivity contribution >= 4 is 29.1 Å². The number of nitrogens with one attached hydrogen (secondary N) is 1. The summed E-state index contributed by atoms with van der Waals surface area (Å²) < 4.78 is 44.5. The van der Waals surface area contributed by atoms with Crippen LogP contribution in [0, 0.1) is 6.92 Å². The van der Waals surface area contributed by atoms with Gasteiger partial charge in [0.15, 0.2) is 0 Å². The van der Waals surface area contributed by atoms with Crippen molar-refractivity contribution < 1.29 is 22.5 Å². The minimum Gasteiger partial charge on any atom is -0.340 e. The maximum atomic E-state index is 13.4. The summed E-state index contributed by atoms with van der Waals surface area (Å²) in [6, 6.07) is 9.66. The van der Waals surface area contributed by atoms with Gasteiger partial charge in [-0.15, -0.1) is 0 Å². The summed E-state index contributed by atoms with van der Waals surface area (Å²) in [5.41, 5.74) is 1.31. The second-order valence-corrected chi connectivity index (χ2v) is 8.18. The molecular formula is C23H21ClF3N3O2. The zero-order valence-corrected chi connectivity index (χ0v) is 18.1. The van der Waals surface area contributed by atoms with Gasteiger partial charge in [0.2, 0.25) is 5.88 Å². The number of hydrogen-bond donors (Lipinski definition) is 1. The Balaban J connectivity index is 1.75. The summed E-state index contributed by atoms with van der Waals surface area (Å²) >= 11 is 6.07. The number of piperidine rings is 1. The molecule has 0 aliphatic carbocycles. The highest BCUT2D eigenvalue weighted by molar-refractivity contribution is 6.31. The highest BCUT2D eigenvalue weighted by atomic mass is 35.5. The molecule has 9 heteroatoms. The molecule has 2 heterocycles. The Morgan fingerprint density at radius 3 is 2.44 bits per heavy atom. The van der Waals surface area contributed by atoms with Crippen LogP contribution in [-0.4, -0.2) is 24.2 Å². The van der Waals surface area contributed by atoms with Gasteiger partial charge < -0.3 is 14.7 Å². The smallest absolute Gasteiger partial charge is 0.340 e. The Morgan fingerprint density at radius 2 is 1.78 bits per heavy atom. The quantitative estimate of drug-likeness (QED) is 0.475. The molecule has 1 fully saturated rings. The molecule has 1 aliphatic heterocycles. The summed E-state index contributed by atoms with van der Waals surface area (Å²) in [6.07, 6.45) is -1.47. The number of aromatic nitrogens is 1. The van der Waals surface area contributed by atoms with Crippen molar-refractivity contribution in [2.75, 3.05) is 23.3 Å². The average Bonchev–Trinajstić information content (AvgIpc) is 3.22. The zero-order valence-electron chi connectivity index (χ0n) is 17.3. The number of amides is 1. The first kappa shape index (κ1) is 22.2. The third-order valence-corrected chi connectivity index (χ3v) is 5.71. The van der Waals surface area contributed by atoms with Gasteiger partial charge in [0, 0.05) is 29.4 Å². The van der Waals surface area contributed by atoms with E-state index in [-0.39, 0.29) is 11.3 Å². The van der Waals surface area contributed by atoms with Crippen LogP contribution in [0.25, 0.3) is 11.3 Å². The number of anilines is 2. The van der Waals surface area contributed by atoms with E-state index in [9.17, 15) is 18.0 Å². The van der Waals surface area contributed by atoms with E-state index in [0.29, 0.717) is 35.2 Å². The van der Waals surface area contributed by atoms with Crippen molar-refractivity contribution in [2.45, 2.75) is 32.4 Å². The molecule has 2 aromatic carbocycles. The number of aryl methyl sites for hydroxylation is 1. The lowest BCUT2D eigenvalue weighted by Crippen LogP contribution is -2.31. The predicted octanol–water partition coefficient (Wildman–Crippen LogP) is 6.56. The molecule has 168 valence electrons. The molecule has 0 bridgehead atoms. The second-order valence-electron chi connectivity index (χ2n) is 7.75. The van der Waals surface area contributed by atoms with Crippen LogP contribution in [0.5, 0.6) is 0 Å². The molecule has 4 rings (SSSR count). The van der Waals surface area contributed by atoms with Gasteiger partial charge in [-0.1, -0.05) is 35.0 Å². The fraction of sp³-hybridized carbons (Fsp3) is 0.304. The SMILES string of the molecule is Cc1ccc(Cl)cc1NC(=O)c1c(-c2ccc(C(F)(F)F)cc2)noc1N1CCCCC1. The summed E-state index contributed by atoms with van der Waals surface area (Å²) in [7, 11) is 0. The molecule has 0 radical (unpaired) electrons. The largest absolute Gasteiger partial charge is 0.416 e. The molecule has 1 N–H and O–H groups in total. The first-order chi connectivity index (χ1) is 15.2. The van der Waals surface area contributed by atoms with Gasteiger partial charge in [0.05, 0.1) is 5.56 Å². The van der Waals surface area contributed by atoms with Crippen molar-refractivity contribution in [3.63, 3.8) is 0 Å². The van der Waals surface area contributed by atoms with E-state index in [0.717, 1.165) is 37.0 Å². The average molecular weight is 464 g/mol. The lowest BCUT2D eigenvalue weighted by Gasteiger charge is -2.26. The van der Waals surface area contributed by atoms with Gasteiger partial charge in [-0.05, 0) is 56.0 Å². The molecule has 1 saturated heterocycles. The minimum absolute atomic E-state index is 0.186. The Labute approximate surface area is 188 Å². The van der Waals surface area contributed by atoms with Gasteiger partial charge in [-0.2, -0.15) is 13.2 Å². The number of rotatable bonds is 4. The summed E-state index contributed by atoms with van der Waals surface area (Å²) in [4.78, 5) is 15.3. The van der Waals surface area contributed by atoms with Gasteiger partial charge in [0.1, 0.15) is 11.3 Å². The summed E-state index contributed by atoms with van der Waals surface area (Å²) in [5.74, 6) is -0.149. The van der Waals surface area contributed by atoms with Crippen LogP contribution in [0.3, 0.4) is 0 Å². The van der Waals surface area contributed by atoms with E-state index < -0.39 is 17.6 Å². The standard InChI is InChI=1S/C23H21ClF3N3O2/c1-14-5-10-17(24)13-18(14)28-21(31)19-20(15-6-8-16(9-7-15)23(25,26)27)29-32-22(19)30-11-3-2-4-12-30/h5-10,13H,2-4,11-12H2,1H3,(H,28,31). The molecule has 0 spiro atoms. The van der Waals surface area contributed by atoms with Crippen molar-refractivity contribution in [1.82, 2.24) is 5.16 Å². The molecule has 3 aromatic rings. The van der Waals surface area contributed by atoms with Crippen molar-refractivity contribution in [3.8, 4) is 11.3 Å². The van der Waals surface area contributed by atoms with Gasteiger partial charge in [-0.25, -0.2) is 0 Å². The minimum atomic E-state index is -4.45. The number of halogens is 4. The van der Waals surface area contributed by atoms with Crippen molar-refractivity contribution in [3.05, 3.63) is 64.2 Å². The van der Waals surface area contributed by atoms with Crippen molar-refractivity contribution in [1.29, 1.82) is 0 Å². The molecule has 1 amide bonds. The number of benzene rings is 2. The summed E-state index contributed by atoms with van der Waals surface area (Å²) in [6.45, 7) is 3.25. The van der Waals surface area contributed by atoms with Crippen LogP contribution in [0.2, 0.25) is 5.02 Å². The van der Waals surface area contributed by atoms with E-state index in [1.807, 2.05) is 11.8 Å². The number of carbonyl (C=O) groups excluding carboxylic acids is 1. The van der Waals surface area contributed by atoms with Gasteiger partial charge >= 0.3 is 6.18 Å². The predicted molar refractivity (Wildman–Crippen MR) is 117 cm³/mol. The van der Waals surface area contributed by atoms with E-state index in [2.05, 4.69) is 10.5 Å². The fourth-order valence-corrected chi connectivity index (χ4v) is 3.90. The molecule has 0 atom stereocenters. The summed E-state index contributed by atoms with van der Waals surface area (Å²) in [5, 5.41) is 7.39. The molecular weight excluding hydrogens is 443 g/mol. The van der Waals surface area contributed by atoms with Gasteiger partial charge in [-0.3, -0.25) is 4.79 Å². The zero-order chi connectivity index (χ0) is 22.9. The number of carbonyl (C=O) groups is 1. The van der Waals surface area contributed by atoms with Gasteiger partial charge in [0.25, 0.3) is 5.91 Å². The highest BCUT2D eigenvalue weighted by Crippen LogP contribution is 2.36. The first-order valence-electron chi connectivity index (χ1n) is 10.2. The maximum Gasteiger partial charge on any atom is 0.416 e. The molecule has 32 heavy (non-hydrogen) atoms. The van der Waals surface area contributed by atoms with Crippen LogP contribution in [0.4, 0.5) is 24.7 Å². The first-order valence-corrected chi connectivity index (χ1v) is 10.6. The third-order valence-electron chi connectivity index (χ3n) is 5.48. The topological polar surface area (TPSA) is 58.4 Å². The normalized spacial score (nSPS) is 14.5. The van der Waals surface area contributed by atoms with E-state index in [1.165, 1.54) is 12.1 Å². The Hall–Kier alpha value is -3.00. The molecule has 5 nitrogen and oxygen atoms in total. The number of hydrogen-bond acceptors (Lipinski definition) is 4. The van der Waals surface area contributed by atoms with Crippen LogP contribution in [0.1, 0.15) is 40.7 Å². The highest BCUT2D eigenvalue weighted by Gasteiger charge is 2.32. The Morgan fingerprint density at radius 1 is 1.09 bits per heavy atom. The van der Waals surface area contributed by atoms with E-state index in [1.54, 1.807) is 18.2 Å². The number of alkyl halides is 3. The molecule has 0 saturated carbocycles. The third kappa shape index (κ3) is 4.60. The molecule has 1 aromatic heterocycles. The van der Waals surface area contributed by atoms with Crippen LogP contribution < -0.4 is 10.2 Å². The second kappa shape index (κ2) is 8.86. The van der Waals surface area contributed by atoms with Crippen molar-refractivity contribution in [2.24, 2.45) is 0 Å². The molecule has 0 unspecified atom stereocenters. The molecule has 1 aliphatic rings. The maximum absolute atomic E-state index is 13.4. The fourth-order valence-electron chi connectivity index (χ4n) is 3.73. The Kier molecular flexibility index (Phi) is 6.15. The lowest BCUT2D eigenvalue weighted by atomic mass is 10.0. The Bertz CT molecular complexity index is 1120. The van der Waals surface area contributed by atoms with E-state index >= 15 is 0 Å². The van der Waals surface area contributed by atoms with E-state index in [4.69, 9.17) is 16.1 Å².